The molecule has 8 nitrogen and oxygen atoms in total. The summed E-state index contributed by atoms with van der Waals surface area (Å²) in [6, 6.07) is 4.86. The lowest BCUT2D eigenvalue weighted by molar-refractivity contribution is 0.340. The van der Waals surface area contributed by atoms with Gasteiger partial charge in [0.05, 0.1) is 12.3 Å². The van der Waals surface area contributed by atoms with Gasteiger partial charge in [0.2, 0.25) is 0 Å². The van der Waals surface area contributed by atoms with E-state index in [-0.39, 0.29) is 0 Å². The molecule has 9 heteroatoms. The van der Waals surface area contributed by atoms with Gasteiger partial charge in [-0.05, 0) is 37.6 Å². The number of ether oxygens (including phenoxy) is 1. The lowest BCUT2D eigenvalue weighted by Crippen LogP contribution is -2.33. The van der Waals surface area contributed by atoms with E-state index < -0.39 is 26.2 Å². The number of nitrogens with zero attached hydrogens (tertiary/aromatic N) is 1. The number of H-pyrrole nitrogens is 1. The van der Waals surface area contributed by atoms with E-state index in [9.17, 15) is 18.0 Å². The number of anilines is 1. The van der Waals surface area contributed by atoms with E-state index in [4.69, 9.17) is 4.74 Å². The number of hydrogen-bond donors (Lipinski definition) is 2. The van der Waals surface area contributed by atoms with Crippen molar-refractivity contribution in [3.63, 3.8) is 0 Å². The molecule has 1 aromatic carbocycles. The summed E-state index contributed by atoms with van der Waals surface area (Å²) in [6.45, 7) is 4.06. The van der Waals surface area contributed by atoms with Crippen molar-refractivity contribution in [3.8, 4) is 5.75 Å². The van der Waals surface area contributed by atoms with Crippen molar-refractivity contribution in [1.82, 2.24) is 9.55 Å². The Morgan fingerprint density at radius 3 is 2.61 bits per heavy atom. The van der Waals surface area contributed by atoms with Crippen molar-refractivity contribution in [2.45, 2.75) is 18.7 Å². The summed E-state index contributed by atoms with van der Waals surface area (Å²) in [5.74, 6) is 0.618. The lowest BCUT2D eigenvalue weighted by Gasteiger charge is -2.12. The first-order chi connectivity index (χ1) is 10.7. The van der Waals surface area contributed by atoms with Crippen molar-refractivity contribution < 1.29 is 13.2 Å². The largest absolute Gasteiger partial charge is 0.494 e. The highest BCUT2D eigenvalue weighted by molar-refractivity contribution is 7.92. The number of sulfonamides is 1. The van der Waals surface area contributed by atoms with Gasteiger partial charge in [0.25, 0.3) is 15.6 Å². The Morgan fingerprint density at radius 1 is 1.30 bits per heavy atom. The summed E-state index contributed by atoms with van der Waals surface area (Å²) in [5, 5.41) is 0. The highest BCUT2D eigenvalue weighted by atomic mass is 32.2. The maximum absolute atomic E-state index is 12.4. The molecular formula is C14H17N3O5S. The predicted octanol–water partition coefficient (Wildman–Crippen LogP) is 0.582. The molecule has 23 heavy (non-hydrogen) atoms. The molecule has 1 aromatic heterocycles. The van der Waals surface area contributed by atoms with Crippen LogP contribution in [-0.4, -0.2) is 24.6 Å². The minimum atomic E-state index is -4.13. The average molecular weight is 339 g/mol. The third-order valence-electron chi connectivity index (χ3n) is 3.12. The maximum Gasteiger partial charge on any atom is 0.328 e. The molecule has 0 fully saturated rings. The van der Waals surface area contributed by atoms with Crippen molar-refractivity contribution in [1.29, 1.82) is 0 Å². The zero-order valence-corrected chi connectivity index (χ0v) is 13.7. The maximum atomic E-state index is 12.4. The van der Waals surface area contributed by atoms with Gasteiger partial charge in [-0.2, -0.15) is 0 Å². The van der Waals surface area contributed by atoms with Crippen molar-refractivity contribution in [3.05, 3.63) is 50.8 Å². The number of aryl methyl sites for hydroxylation is 2. The van der Waals surface area contributed by atoms with Gasteiger partial charge in [-0.25, -0.2) is 13.2 Å². The van der Waals surface area contributed by atoms with Gasteiger partial charge in [-0.3, -0.25) is 14.5 Å². The van der Waals surface area contributed by atoms with Crippen molar-refractivity contribution in [2.75, 3.05) is 11.3 Å². The van der Waals surface area contributed by atoms with E-state index in [1.165, 1.54) is 7.05 Å². The van der Waals surface area contributed by atoms with Crippen LogP contribution in [0, 0.1) is 6.92 Å². The first-order valence-electron chi connectivity index (χ1n) is 6.81. The van der Waals surface area contributed by atoms with E-state index in [1.54, 1.807) is 25.1 Å². The molecule has 0 bridgehead atoms. The number of hydrogen-bond acceptors (Lipinski definition) is 5. The quantitative estimate of drug-likeness (QED) is 0.828. The fraction of sp³-hybridized carbons (Fsp3) is 0.286. The Morgan fingerprint density at radius 2 is 2.00 bits per heavy atom. The van der Waals surface area contributed by atoms with E-state index >= 15 is 0 Å². The first kappa shape index (κ1) is 16.8. The second kappa shape index (κ2) is 6.29. The van der Waals surface area contributed by atoms with E-state index in [1.807, 2.05) is 11.9 Å². The highest BCUT2D eigenvalue weighted by Gasteiger charge is 2.20. The van der Waals surface area contributed by atoms with Crippen LogP contribution in [0.1, 0.15) is 12.5 Å². The van der Waals surface area contributed by atoms with Gasteiger partial charge >= 0.3 is 5.69 Å². The molecule has 1 heterocycles. The molecule has 0 aliphatic rings. The third kappa shape index (κ3) is 3.62. The molecule has 0 radical (unpaired) electrons. The topological polar surface area (TPSA) is 110 Å². The van der Waals surface area contributed by atoms with Crippen LogP contribution in [0.3, 0.4) is 0 Å². The standard InChI is InChI=1S/C14H17N3O5S/c1-4-22-10-5-6-11(9(2)7-10)16-23(20,21)12-8-17(3)14(19)15-13(12)18/h5-8,16H,4H2,1-3H3,(H,15,18,19). The summed E-state index contributed by atoms with van der Waals surface area (Å²) >= 11 is 0. The molecule has 0 unspecified atom stereocenters. The number of nitrogens with one attached hydrogen (secondary N) is 2. The summed E-state index contributed by atoms with van der Waals surface area (Å²) in [7, 11) is -2.78. The minimum Gasteiger partial charge on any atom is -0.494 e. The van der Waals surface area contributed by atoms with Gasteiger partial charge in [-0.15, -0.1) is 0 Å². The monoisotopic (exact) mass is 339 g/mol. The number of rotatable bonds is 5. The second-order valence-corrected chi connectivity index (χ2v) is 6.53. The van der Waals surface area contributed by atoms with Crippen LogP contribution in [0.5, 0.6) is 5.75 Å². The van der Waals surface area contributed by atoms with Crippen LogP contribution in [0.15, 0.2) is 38.9 Å². The van der Waals surface area contributed by atoms with E-state index in [0.29, 0.717) is 23.6 Å². The summed E-state index contributed by atoms with van der Waals surface area (Å²) in [5.41, 5.74) is -0.696. The van der Waals surface area contributed by atoms with Gasteiger partial charge in [0.15, 0.2) is 4.90 Å². The van der Waals surface area contributed by atoms with Gasteiger partial charge < -0.3 is 9.30 Å². The minimum absolute atomic E-state index is 0.321. The molecular weight excluding hydrogens is 322 g/mol. The molecule has 0 aliphatic heterocycles. The number of aromatic nitrogens is 2. The Balaban J connectivity index is 2.41. The van der Waals surface area contributed by atoms with Crippen LogP contribution in [0.25, 0.3) is 0 Å². The third-order valence-corrected chi connectivity index (χ3v) is 4.48. The van der Waals surface area contributed by atoms with E-state index in [0.717, 1.165) is 10.8 Å². The predicted molar refractivity (Wildman–Crippen MR) is 85.5 cm³/mol. The Kier molecular flexibility index (Phi) is 4.60. The number of aromatic amines is 1. The fourth-order valence-electron chi connectivity index (χ4n) is 1.94. The SMILES string of the molecule is CCOc1ccc(NS(=O)(=O)c2cn(C)c(=O)[nH]c2=O)c(C)c1. The summed E-state index contributed by atoms with van der Waals surface area (Å²) < 4.78 is 33.4. The molecule has 2 aromatic rings. The molecule has 0 amide bonds. The normalized spacial score (nSPS) is 11.3. The molecule has 0 saturated carbocycles. The van der Waals surface area contributed by atoms with E-state index in [2.05, 4.69) is 4.72 Å². The van der Waals surface area contributed by atoms with Crippen molar-refractivity contribution in [2.24, 2.45) is 7.05 Å². The van der Waals surface area contributed by atoms with Crippen LogP contribution in [0.4, 0.5) is 5.69 Å². The summed E-state index contributed by atoms with van der Waals surface area (Å²) in [6.07, 6.45) is 0.980. The zero-order valence-electron chi connectivity index (χ0n) is 12.9. The molecule has 0 aliphatic carbocycles. The fourth-order valence-corrected chi connectivity index (χ4v) is 3.16. The Labute approximate surface area is 132 Å². The van der Waals surface area contributed by atoms with Crippen LogP contribution < -0.4 is 20.7 Å². The van der Waals surface area contributed by atoms with Gasteiger partial charge in [-0.1, -0.05) is 0 Å². The van der Waals surface area contributed by atoms with Crippen molar-refractivity contribution >= 4 is 15.7 Å². The molecule has 0 atom stereocenters. The molecule has 0 saturated heterocycles. The second-order valence-electron chi connectivity index (χ2n) is 4.88. The smallest absolute Gasteiger partial charge is 0.328 e. The highest BCUT2D eigenvalue weighted by Crippen LogP contribution is 2.23. The molecule has 2 N–H and O–H groups in total. The molecule has 2 rings (SSSR count). The molecule has 0 spiro atoms. The zero-order chi connectivity index (χ0) is 17.2. The Hall–Kier alpha value is -2.55. The average Bonchev–Trinajstić information content (AvgIpc) is 2.46. The number of benzene rings is 1. The van der Waals surface area contributed by atoms with Gasteiger partial charge in [0.1, 0.15) is 5.75 Å². The van der Waals surface area contributed by atoms with Crippen LogP contribution >= 0.6 is 0 Å². The Bertz CT molecular complexity index is 944. The molecule has 124 valence electrons. The van der Waals surface area contributed by atoms with Gasteiger partial charge in [0, 0.05) is 13.2 Å². The first-order valence-corrected chi connectivity index (χ1v) is 8.29. The van der Waals surface area contributed by atoms with Crippen LogP contribution in [-0.2, 0) is 17.1 Å². The van der Waals surface area contributed by atoms with Crippen LogP contribution in [0.2, 0.25) is 0 Å². The lowest BCUT2D eigenvalue weighted by atomic mass is 10.2. The summed E-state index contributed by atoms with van der Waals surface area (Å²) in [4.78, 5) is 24.5.